The number of aromatic nitrogens is 1. The van der Waals surface area contributed by atoms with Crippen LogP contribution in [0.1, 0.15) is 47.6 Å². The molecule has 0 saturated carbocycles. The zero-order chi connectivity index (χ0) is 14.8. The third-order valence-corrected chi connectivity index (χ3v) is 3.94. The molecule has 1 aromatic heterocycles. The van der Waals surface area contributed by atoms with E-state index in [0.29, 0.717) is 17.7 Å². The standard InChI is InChI=1S/C17H18N2O2/c1-2-16(20)18-13-10-11-19-14(13)8-9-15(19)17(21)12-6-4-3-5-7-12/h3-9,13H,2,10-11H2,1H3,(H,18,20). The van der Waals surface area contributed by atoms with Crippen molar-refractivity contribution in [3.05, 3.63) is 59.4 Å². The van der Waals surface area contributed by atoms with E-state index in [0.717, 1.165) is 18.7 Å². The number of ketones is 1. The Morgan fingerprint density at radius 2 is 1.95 bits per heavy atom. The highest BCUT2D eigenvalue weighted by Crippen LogP contribution is 2.29. The van der Waals surface area contributed by atoms with E-state index in [1.165, 1.54) is 0 Å². The van der Waals surface area contributed by atoms with Crippen molar-refractivity contribution in [3.63, 3.8) is 0 Å². The van der Waals surface area contributed by atoms with Crippen LogP contribution < -0.4 is 5.32 Å². The summed E-state index contributed by atoms with van der Waals surface area (Å²) in [7, 11) is 0. The Morgan fingerprint density at radius 3 is 2.67 bits per heavy atom. The van der Waals surface area contributed by atoms with Crippen LogP contribution in [0.3, 0.4) is 0 Å². The van der Waals surface area contributed by atoms with Crippen molar-refractivity contribution < 1.29 is 9.59 Å². The van der Waals surface area contributed by atoms with Gasteiger partial charge >= 0.3 is 0 Å². The van der Waals surface area contributed by atoms with E-state index < -0.39 is 0 Å². The molecule has 2 aromatic rings. The maximum Gasteiger partial charge on any atom is 0.220 e. The normalized spacial score (nSPS) is 16.5. The predicted octanol–water partition coefficient (Wildman–Crippen LogP) is 2.69. The number of nitrogens with zero attached hydrogens (tertiary/aromatic N) is 1. The van der Waals surface area contributed by atoms with Gasteiger partial charge in [-0.05, 0) is 18.6 Å². The van der Waals surface area contributed by atoms with E-state index in [-0.39, 0.29) is 17.7 Å². The van der Waals surface area contributed by atoms with Gasteiger partial charge in [0, 0.05) is 24.2 Å². The maximum absolute atomic E-state index is 12.5. The second-order valence-corrected chi connectivity index (χ2v) is 5.25. The van der Waals surface area contributed by atoms with Gasteiger partial charge in [-0.25, -0.2) is 0 Å². The lowest BCUT2D eigenvalue weighted by atomic mass is 10.1. The highest BCUT2D eigenvalue weighted by atomic mass is 16.1. The molecule has 0 radical (unpaired) electrons. The Morgan fingerprint density at radius 1 is 1.19 bits per heavy atom. The molecule has 1 N–H and O–H groups in total. The minimum Gasteiger partial charge on any atom is -0.348 e. The number of hydrogen-bond acceptors (Lipinski definition) is 2. The van der Waals surface area contributed by atoms with Crippen LogP contribution >= 0.6 is 0 Å². The fourth-order valence-corrected chi connectivity index (χ4v) is 2.82. The van der Waals surface area contributed by atoms with Crippen molar-refractivity contribution in [2.24, 2.45) is 0 Å². The summed E-state index contributed by atoms with van der Waals surface area (Å²) in [5.74, 6) is 0.0786. The Labute approximate surface area is 123 Å². The van der Waals surface area contributed by atoms with Gasteiger partial charge in [0.2, 0.25) is 11.7 Å². The second kappa shape index (κ2) is 5.56. The first-order chi connectivity index (χ1) is 10.2. The molecule has 4 heteroatoms. The zero-order valence-corrected chi connectivity index (χ0v) is 12.0. The van der Waals surface area contributed by atoms with Crippen molar-refractivity contribution in [1.82, 2.24) is 9.88 Å². The number of carbonyl (C=O) groups is 2. The zero-order valence-electron chi connectivity index (χ0n) is 12.0. The van der Waals surface area contributed by atoms with Crippen LogP contribution in [0.5, 0.6) is 0 Å². The maximum atomic E-state index is 12.5. The van der Waals surface area contributed by atoms with E-state index in [1.807, 2.05) is 54.0 Å². The molecule has 1 aliphatic rings. The number of carbonyl (C=O) groups excluding carboxylic acids is 2. The first kappa shape index (κ1) is 13.6. The Balaban J connectivity index is 1.86. The lowest BCUT2D eigenvalue weighted by Crippen LogP contribution is -2.26. The van der Waals surface area contributed by atoms with Crippen LogP contribution in [0.2, 0.25) is 0 Å². The van der Waals surface area contributed by atoms with Gasteiger partial charge in [0.25, 0.3) is 0 Å². The van der Waals surface area contributed by atoms with E-state index in [1.54, 1.807) is 0 Å². The predicted molar refractivity (Wildman–Crippen MR) is 80.1 cm³/mol. The molecular weight excluding hydrogens is 264 g/mol. The highest BCUT2D eigenvalue weighted by Gasteiger charge is 2.27. The van der Waals surface area contributed by atoms with Crippen LogP contribution in [0.25, 0.3) is 0 Å². The Hall–Kier alpha value is -2.36. The summed E-state index contributed by atoms with van der Waals surface area (Å²) in [4.78, 5) is 24.1. The van der Waals surface area contributed by atoms with Crippen LogP contribution in [0, 0.1) is 0 Å². The smallest absolute Gasteiger partial charge is 0.220 e. The number of nitrogens with one attached hydrogen (secondary N) is 1. The summed E-state index contributed by atoms with van der Waals surface area (Å²) in [6.45, 7) is 2.61. The number of fused-ring (bicyclic) bond motifs is 1. The van der Waals surface area contributed by atoms with Crippen LogP contribution in [-0.2, 0) is 11.3 Å². The van der Waals surface area contributed by atoms with Gasteiger partial charge in [-0.3, -0.25) is 9.59 Å². The third kappa shape index (κ3) is 2.49. The molecule has 1 unspecified atom stereocenters. The quantitative estimate of drug-likeness (QED) is 0.877. The molecule has 0 saturated heterocycles. The minimum absolute atomic E-state index is 0.0229. The molecule has 0 spiro atoms. The number of hydrogen-bond donors (Lipinski definition) is 1. The van der Waals surface area contributed by atoms with E-state index in [9.17, 15) is 9.59 Å². The summed E-state index contributed by atoms with van der Waals surface area (Å²) in [6, 6.07) is 13.1. The van der Waals surface area contributed by atoms with Gasteiger partial charge in [-0.1, -0.05) is 37.3 Å². The Kier molecular flexibility index (Phi) is 3.60. The van der Waals surface area contributed by atoms with Crippen LogP contribution in [-0.4, -0.2) is 16.3 Å². The van der Waals surface area contributed by atoms with Crippen LogP contribution in [0.15, 0.2) is 42.5 Å². The van der Waals surface area contributed by atoms with Gasteiger partial charge in [0.1, 0.15) is 0 Å². The Bertz CT molecular complexity index is 673. The summed E-state index contributed by atoms with van der Waals surface area (Å²) < 4.78 is 2.02. The molecule has 1 aromatic carbocycles. The molecule has 0 aliphatic carbocycles. The molecule has 3 rings (SSSR count). The number of benzene rings is 1. The average molecular weight is 282 g/mol. The second-order valence-electron chi connectivity index (χ2n) is 5.25. The van der Waals surface area contributed by atoms with Gasteiger partial charge < -0.3 is 9.88 Å². The number of rotatable bonds is 4. The number of amides is 1. The fourth-order valence-electron chi connectivity index (χ4n) is 2.82. The topological polar surface area (TPSA) is 51.1 Å². The van der Waals surface area contributed by atoms with Gasteiger partial charge in [-0.15, -0.1) is 0 Å². The van der Waals surface area contributed by atoms with E-state index >= 15 is 0 Å². The van der Waals surface area contributed by atoms with Gasteiger partial charge in [0.05, 0.1) is 11.7 Å². The third-order valence-electron chi connectivity index (χ3n) is 3.94. The van der Waals surface area contributed by atoms with Crippen molar-refractivity contribution >= 4 is 11.7 Å². The lowest BCUT2D eigenvalue weighted by molar-refractivity contribution is -0.121. The van der Waals surface area contributed by atoms with Crippen molar-refractivity contribution in [2.75, 3.05) is 0 Å². The summed E-state index contributed by atoms with van der Waals surface area (Å²) in [6.07, 6.45) is 1.32. The first-order valence-corrected chi connectivity index (χ1v) is 7.29. The highest BCUT2D eigenvalue weighted by molar-refractivity contribution is 6.08. The molecule has 21 heavy (non-hydrogen) atoms. The summed E-state index contributed by atoms with van der Waals surface area (Å²) >= 11 is 0. The molecule has 0 bridgehead atoms. The van der Waals surface area contributed by atoms with Crippen molar-refractivity contribution in [2.45, 2.75) is 32.4 Å². The summed E-state index contributed by atoms with van der Waals surface area (Å²) in [5, 5.41) is 3.01. The minimum atomic E-state index is 0.0229. The molecule has 4 nitrogen and oxygen atoms in total. The molecule has 1 atom stereocenters. The van der Waals surface area contributed by atoms with Crippen LogP contribution in [0.4, 0.5) is 0 Å². The van der Waals surface area contributed by atoms with E-state index in [2.05, 4.69) is 5.32 Å². The van der Waals surface area contributed by atoms with Gasteiger partial charge in [0.15, 0.2) is 0 Å². The summed E-state index contributed by atoms with van der Waals surface area (Å²) in [5.41, 5.74) is 2.42. The molecule has 2 heterocycles. The molecule has 1 aliphatic heterocycles. The van der Waals surface area contributed by atoms with Gasteiger partial charge in [-0.2, -0.15) is 0 Å². The SMILES string of the molecule is CCC(=O)NC1CCn2c(C(=O)c3ccccc3)ccc21. The molecule has 1 amide bonds. The molecule has 108 valence electrons. The molecular formula is C17H18N2O2. The average Bonchev–Trinajstić information content (AvgIpc) is 3.10. The van der Waals surface area contributed by atoms with E-state index in [4.69, 9.17) is 0 Å². The lowest BCUT2D eigenvalue weighted by Gasteiger charge is -2.11. The monoisotopic (exact) mass is 282 g/mol. The van der Waals surface area contributed by atoms with Crippen molar-refractivity contribution in [1.29, 1.82) is 0 Å². The van der Waals surface area contributed by atoms with Crippen molar-refractivity contribution in [3.8, 4) is 0 Å². The fraction of sp³-hybridized carbons (Fsp3) is 0.294. The largest absolute Gasteiger partial charge is 0.348 e. The first-order valence-electron chi connectivity index (χ1n) is 7.29. The molecule has 0 fully saturated rings.